The third-order valence-corrected chi connectivity index (χ3v) is 2.72. The molecule has 0 aromatic heterocycles. The summed E-state index contributed by atoms with van der Waals surface area (Å²) in [6, 6.07) is 7.70. The van der Waals surface area contributed by atoms with Gasteiger partial charge in [0, 0.05) is 6.04 Å². The van der Waals surface area contributed by atoms with Crippen LogP contribution in [0.1, 0.15) is 11.1 Å². The second-order valence-corrected chi connectivity index (χ2v) is 4.25. The number of benzene rings is 1. The Balaban J connectivity index is 2.45. The third-order valence-electron chi connectivity index (χ3n) is 2.72. The normalized spacial score (nSPS) is 13.6. The number of hydrogen-bond acceptors (Lipinski definition) is 2. The van der Waals surface area contributed by atoms with E-state index in [-0.39, 0.29) is 12.6 Å². The van der Waals surface area contributed by atoms with Crippen LogP contribution in [-0.2, 0) is 11.2 Å². The van der Waals surface area contributed by atoms with Crippen molar-refractivity contribution in [2.24, 2.45) is 0 Å². The minimum absolute atomic E-state index is 0.0460. The minimum atomic E-state index is -4.26. The Hall–Kier alpha value is -1.07. The number of alkyl halides is 3. The summed E-state index contributed by atoms with van der Waals surface area (Å²) in [5, 5.41) is 2.97. The lowest BCUT2D eigenvalue weighted by Crippen LogP contribution is -2.34. The lowest BCUT2D eigenvalue weighted by atomic mass is 10.0. The topological polar surface area (TPSA) is 21.3 Å². The predicted octanol–water partition coefficient (Wildman–Crippen LogP) is 2.70. The van der Waals surface area contributed by atoms with Crippen LogP contribution in [0.5, 0.6) is 0 Å². The summed E-state index contributed by atoms with van der Waals surface area (Å²) in [6.07, 6.45) is -3.61. The van der Waals surface area contributed by atoms with Crippen LogP contribution in [0.15, 0.2) is 24.3 Å². The van der Waals surface area contributed by atoms with E-state index < -0.39 is 12.8 Å². The Morgan fingerprint density at radius 1 is 1.28 bits per heavy atom. The van der Waals surface area contributed by atoms with E-state index >= 15 is 0 Å². The van der Waals surface area contributed by atoms with Crippen molar-refractivity contribution in [3.8, 4) is 0 Å². The molecule has 1 rings (SSSR count). The maximum absolute atomic E-state index is 12.0. The van der Waals surface area contributed by atoms with Gasteiger partial charge in [-0.25, -0.2) is 0 Å². The summed E-state index contributed by atoms with van der Waals surface area (Å²) in [7, 11) is 1.72. The lowest BCUT2D eigenvalue weighted by Gasteiger charge is -2.18. The molecule has 0 saturated carbocycles. The summed E-state index contributed by atoms with van der Waals surface area (Å²) < 4.78 is 40.5. The molecule has 18 heavy (non-hydrogen) atoms. The molecule has 1 aromatic carbocycles. The van der Waals surface area contributed by atoms with Gasteiger partial charge in [0.25, 0.3) is 0 Å². The van der Waals surface area contributed by atoms with Gasteiger partial charge >= 0.3 is 6.18 Å². The Kier molecular flexibility index (Phi) is 5.62. The van der Waals surface area contributed by atoms with Crippen molar-refractivity contribution in [2.45, 2.75) is 25.6 Å². The van der Waals surface area contributed by atoms with Crippen LogP contribution < -0.4 is 5.32 Å². The van der Waals surface area contributed by atoms with Crippen molar-refractivity contribution in [3.63, 3.8) is 0 Å². The van der Waals surface area contributed by atoms with E-state index in [4.69, 9.17) is 0 Å². The molecule has 5 heteroatoms. The number of halogens is 3. The number of hydrogen-bond donors (Lipinski definition) is 1. The smallest absolute Gasteiger partial charge is 0.370 e. The van der Waals surface area contributed by atoms with Gasteiger partial charge in [-0.15, -0.1) is 0 Å². The maximum atomic E-state index is 12.0. The molecule has 0 saturated heterocycles. The van der Waals surface area contributed by atoms with Crippen LogP contribution in [0, 0.1) is 6.92 Å². The Bertz CT molecular complexity index is 365. The van der Waals surface area contributed by atoms with Crippen molar-refractivity contribution in [3.05, 3.63) is 35.4 Å². The van der Waals surface area contributed by atoms with Crippen molar-refractivity contribution in [2.75, 3.05) is 20.3 Å². The van der Waals surface area contributed by atoms with Crippen LogP contribution in [0.2, 0.25) is 0 Å². The quantitative estimate of drug-likeness (QED) is 0.850. The van der Waals surface area contributed by atoms with Gasteiger partial charge in [0.1, 0.15) is 6.61 Å². The molecule has 1 aromatic rings. The van der Waals surface area contributed by atoms with Gasteiger partial charge in [-0.05, 0) is 31.5 Å². The molecule has 1 atom stereocenters. The molecule has 0 spiro atoms. The Labute approximate surface area is 105 Å². The van der Waals surface area contributed by atoms with Crippen LogP contribution >= 0.6 is 0 Å². The molecule has 0 aliphatic carbocycles. The first-order chi connectivity index (χ1) is 8.42. The molecular weight excluding hydrogens is 243 g/mol. The average molecular weight is 261 g/mol. The van der Waals surface area contributed by atoms with E-state index in [1.807, 2.05) is 31.2 Å². The highest BCUT2D eigenvalue weighted by atomic mass is 19.4. The fourth-order valence-corrected chi connectivity index (χ4v) is 1.67. The monoisotopic (exact) mass is 261 g/mol. The number of rotatable bonds is 6. The molecule has 0 amide bonds. The van der Waals surface area contributed by atoms with Crippen LogP contribution in [0.25, 0.3) is 0 Å². The molecule has 0 fully saturated rings. The molecule has 0 heterocycles. The van der Waals surface area contributed by atoms with Crippen molar-refractivity contribution in [1.29, 1.82) is 0 Å². The molecule has 0 aliphatic heterocycles. The van der Waals surface area contributed by atoms with E-state index in [0.717, 1.165) is 11.1 Å². The molecule has 102 valence electrons. The summed E-state index contributed by atoms with van der Waals surface area (Å²) in [5.74, 6) is 0. The summed E-state index contributed by atoms with van der Waals surface area (Å²) in [5.41, 5.74) is 2.25. The van der Waals surface area contributed by atoms with E-state index in [1.165, 1.54) is 0 Å². The van der Waals surface area contributed by atoms with Crippen molar-refractivity contribution in [1.82, 2.24) is 5.32 Å². The van der Waals surface area contributed by atoms with E-state index in [1.54, 1.807) is 7.05 Å². The van der Waals surface area contributed by atoms with Gasteiger partial charge < -0.3 is 10.1 Å². The average Bonchev–Trinajstić information content (AvgIpc) is 2.29. The molecular formula is C13H18F3NO. The van der Waals surface area contributed by atoms with Gasteiger partial charge in [0.15, 0.2) is 0 Å². The minimum Gasteiger partial charge on any atom is -0.370 e. The standard InChI is InChI=1S/C13H18F3NO/c1-10-5-3-4-6-11(10)7-12(17-2)8-18-9-13(14,15)16/h3-6,12,17H,7-9H2,1-2H3. The molecule has 1 unspecified atom stereocenters. The Morgan fingerprint density at radius 3 is 2.50 bits per heavy atom. The number of nitrogens with one attached hydrogen (secondary N) is 1. The zero-order valence-corrected chi connectivity index (χ0v) is 10.6. The maximum Gasteiger partial charge on any atom is 0.411 e. The fourth-order valence-electron chi connectivity index (χ4n) is 1.67. The first kappa shape index (κ1) is 15.0. The van der Waals surface area contributed by atoms with Crippen LogP contribution in [-0.4, -0.2) is 32.5 Å². The second-order valence-electron chi connectivity index (χ2n) is 4.25. The summed E-state index contributed by atoms with van der Waals surface area (Å²) in [6.45, 7) is 0.835. The molecule has 1 N–H and O–H groups in total. The zero-order valence-electron chi connectivity index (χ0n) is 10.6. The first-order valence-electron chi connectivity index (χ1n) is 5.78. The fraction of sp³-hybridized carbons (Fsp3) is 0.538. The van der Waals surface area contributed by atoms with Gasteiger partial charge in [0.2, 0.25) is 0 Å². The highest BCUT2D eigenvalue weighted by Crippen LogP contribution is 2.15. The number of likely N-dealkylation sites (N-methyl/N-ethyl adjacent to an activating group) is 1. The summed E-state index contributed by atoms with van der Waals surface area (Å²) in [4.78, 5) is 0. The highest BCUT2D eigenvalue weighted by molar-refractivity contribution is 5.26. The lowest BCUT2D eigenvalue weighted by molar-refractivity contribution is -0.175. The number of aryl methyl sites for hydroxylation is 1. The predicted molar refractivity (Wildman–Crippen MR) is 64.6 cm³/mol. The van der Waals surface area contributed by atoms with Gasteiger partial charge in [0.05, 0.1) is 6.61 Å². The van der Waals surface area contributed by atoms with E-state index in [9.17, 15) is 13.2 Å². The van der Waals surface area contributed by atoms with Crippen molar-refractivity contribution >= 4 is 0 Å². The largest absolute Gasteiger partial charge is 0.411 e. The van der Waals surface area contributed by atoms with Crippen LogP contribution in [0.4, 0.5) is 13.2 Å². The molecule has 2 nitrogen and oxygen atoms in total. The second kappa shape index (κ2) is 6.75. The SMILES string of the molecule is CNC(COCC(F)(F)F)Cc1ccccc1C. The molecule has 0 bridgehead atoms. The molecule has 0 radical (unpaired) electrons. The Morgan fingerprint density at radius 2 is 1.94 bits per heavy atom. The number of ether oxygens (including phenoxy) is 1. The summed E-state index contributed by atoms with van der Waals surface area (Å²) >= 11 is 0. The molecule has 0 aliphatic rings. The third kappa shape index (κ3) is 5.51. The zero-order chi connectivity index (χ0) is 13.6. The van der Waals surface area contributed by atoms with E-state index in [0.29, 0.717) is 6.42 Å². The van der Waals surface area contributed by atoms with Gasteiger partial charge in [-0.2, -0.15) is 13.2 Å². The van der Waals surface area contributed by atoms with Gasteiger partial charge in [-0.1, -0.05) is 24.3 Å². The van der Waals surface area contributed by atoms with E-state index in [2.05, 4.69) is 10.1 Å². The van der Waals surface area contributed by atoms with Crippen LogP contribution in [0.3, 0.4) is 0 Å². The van der Waals surface area contributed by atoms with Crippen molar-refractivity contribution < 1.29 is 17.9 Å². The van der Waals surface area contributed by atoms with Gasteiger partial charge in [-0.3, -0.25) is 0 Å². The highest BCUT2D eigenvalue weighted by Gasteiger charge is 2.27. The first-order valence-corrected chi connectivity index (χ1v) is 5.78.